The van der Waals surface area contributed by atoms with Crippen LogP contribution >= 0.6 is 0 Å². The van der Waals surface area contributed by atoms with E-state index in [0.717, 1.165) is 36.2 Å². The molecule has 0 spiro atoms. The zero-order valence-corrected chi connectivity index (χ0v) is 21.1. The quantitative estimate of drug-likeness (QED) is 0.361. The fraction of sp³-hybridized carbons (Fsp3) is 0.357. The van der Waals surface area contributed by atoms with Gasteiger partial charge in [-0.2, -0.15) is 0 Å². The van der Waals surface area contributed by atoms with Crippen molar-refractivity contribution in [1.82, 2.24) is 14.9 Å². The Bertz CT molecular complexity index is 1290. The molecule has 37 heavy (non-hydrogen) atoms. The molecule has 0 bridgehead atoms. The average molecular weight is 505 g/mol. The van der Waals surface area contributed by atoms with E-state index in [0.29, 0.717) is 36.4 Å². The number of carbonyl (C=O) groups excluding carboxylic acids is 2. The number of fused-ring (bicyclic) bond motifs is 1. The van der Waals surface area contributed by atoms with Crippen LogP contribution in [0.1, 0.15) is 72.2 Å². The minimum atomic E-state index is -1.12. The van der Waals surface area contributed by atoms with Crippen molar-refractivity contribution in [1.29, 1.82) is 0 Å². The summed E-state index contributed by atoms with van der Waals surface area (Å²) in [6.07, 6.45) is 2.96. The summed E-state index contributed by atoms with van der Waals surface area (Å²) in [7, 11) is 0. The van der Waals surface area contributed by atoms with Gasteiger partial charge in [-0.1, -0.05) is 69.2 Å². The van der Waals surface area contributed by atoms with Crippen LogP contribution in [0.5, 0.6) is 5.75 Å². The van der Waals surface area contributed by atoms with Crippen molar-refractivity contribution in [2.45, 2.75) is 58.6 Å². The second-order valence-corrected chi connectivity index (χ2v) is 9.08. The lowest BCUT2D eigenvalue weighted by Gasteiger charge is -2.19. The molecule has 9 heteroatoms. The number of hydrogen-bond acceptors (Lipinski definition) is 5. The van der Waals surface area contributed by atoms with Crippen LogP contribution in [0.15, 0.2) is 48.5 Å². The molecule has 1 aliphatic heterocycles. The first-order chi connectivity index (χ1) is 17.9. The Labute approximate surface area is 215 Å². The fourth-order valence-corrected chi connectivity index (χ4v) is 4.44. The van der Waals surface area contributed by atoms with Gasteiger partial charge < -0.3 is 25.0 Å². The summed E-state index contributed by atoms with van der Waals surface area (Å²) in [5.74, 6) is -0.181. The van der Waals surface area contributed by atoms with Crippen molar-refractivity contribution in [2.75, 3.05) is 11.9 Å². The van der Waals surface area contributed by atoms with Gasteiger partial charge in [0.15, 0.2) is 11.5 Å². The van der Waals surface area contributed by atoms with E-state index in [1.54, 1.807) is 30.3 Å². The number of unbranched alkanes of at least 4 members (excludes halogenated alkanes) is 1. The number of carboxylic acid groups (broad SMARTS) is 1. The molecular formula is C28H32N4O5. The van der Waals surface area contributed by atoms with E-state index >= 15 is 0 Å². The summed E-state index contributed by atoms with van der Waals surface area (Å²) in [4.78, 5) is 41.5. The molecule has 0 radical (unpaired) electrons. The molecule has 9 nitrogen and oxygen atoms in total. The topological polar surface area (TPSA) is 123 Å². The number of carbonyl (C=O) groups is 3. The van der Waals surface area contributed by atoms with Crippen molar-refractivity contribution in [3.05, 3.63) is 76.7 Å². The van der Waals surface area contributed by atoms with Crippen LogP contribution in [0.3, 0.4) is 0 Å². The normalized spacial score (nSPS) is 13.8. The Hall–Kier alpha value is -4.14. The van der Waals surface area contributed by atoms with Crippen LogP contribution in [0, 0.1) is 0 Å². The summed E-state index contributed by atoms with van der Waals surface area (Å²) < 4.78 is 7.88. The second kappa shape index (κ2) is 11.7. The molecule has 2 aromatic carbocycles. The standard InChI is InChI=1S/C28H32N4O5/c1-3-5-12-22-30-26-24(27(34)29-16-23(33)31-26)32(22)17-18-13-14-21(20(15-18)9-4-2)37-25(28(35)36)19-10-7-6-8-11-19/h6-8,10-11,13-15,25H,3-5,9,12,16-17H2,1-2H3,(H,29,34)(H,31,33)(H,35,36). The molecule has 1 unspecified atom stereocenters. The number of rotatable bonds is 11. The first-order valence-electron chi connectivity index (χ1n) is 12.6. The van der Waals surface area contributed by atoms with Gasteiger partial charge in [0.1, 0.15) is 11.6 Å². The monoisotopic (exact) mass is 504 g/mol. The lowest BCUT2D eigenvalue weighted by Crippen LogP contribution is -2.30. The number of imidazole rings is 1. The molecule has 0 aliphatic carbocycles. The number of aryl methyl sites for hydroxylation is 2. The highest BCUT2D eigenvalue weighted by molar-refractivity contribution is 6.06. The van der Waals surface area contributed by atoms with Gasteiger partial charge in [0.05, 0.1) is 6.54 Å². The Balaban J connectivity index is 1.68. The number of aromatic nitrogens is 2. The summed E-state index contributed by atoms with van der Waals surface area (Å²) in [6.45, 7) is 4.41. The van der Waals surface area contributed by atoms with Crippen molar-refractivity contribution in [3.8, 4) is 5.75 Å². The van der Waals surface area contributed by atoms with E-state index in [-0.39, 0.29) is 24.2 Å². The fourth-order valence-electron chi connectivity index (χ4n) is 4.44. The van der Waals surface area contributed by atoms with Gasteiger partial charge >= 0.3 is 5.97 Å². The minimum absolute atomic E-state index is 0.0989. The number of nitrogens with one attached hydrogen (secondary N) is 2. The van der Waals surface area contributed by atoms with Gasteiger partial charge in [-0.05, 0) is 30.0 Å². The molecule has 1 aromatic heterocycles. The summed E-state index contributed by atoms with van der Waals surface area (Å²) >= 11 is 0. The van der Waals surface area contributed by atoms with Crippen molar-refractivity contribution < 1.29 is 24.2 Å². The number of hydrogen-bond donors (Lipinski definition) is 3. The third-order valence-electron chi connectivity index (χ3n) is 6.24. The number of benzene rings is 2. The maximum absolute atomic E-state index is 12.9. The number of carboxylic acids is 1. The van der Waals surface area contributed by atoms with Crippen molar-refractivity contribution in [2.24, 2.45) is 0 Å². The van der Waals surface area contributed by atoms with Crippen LogP contribution in [-0.4, -0.2) is 39.0 Å². The Morgan fingerprint density at radius 1 is 1.11 bits per heavy atom. The molecular weight excluding hydrogens is 472 g/mol. The predicted molar refractivity (Wildman–Crippen MR) is 139 cm³/mol. The van der Waals surface area contributed by atoms with Crippen molar-refractivity contribution >= 4 is 23.6 Å². The third-order valence-corrected chi connectivity index (χ3v) is 6.24. The predicted octanol–water partition coefficient (Wildman–Crippen LogP) is 4.11. The number of aliphatic carboxylic acids is 1. The van der Waals surface area contributed by atoms with Gasteiger partial charge in [0.2, 0.25) is 12.0 Å². The van der Waals surface area contributed by atoms with E-state index in [1.807, 2.05) is 29.7 Å². The van der Waals surface area contributed by atoms with Crippen LogP contribution in [0.4, 0.5) is 5.82 Å². The number of anilines is 1. The lowest BCUT2D eigenvalue weighted by molar-refractivity contribution is -0.145. The summed E-state index contributed by atoms with van der Waals surface area (Å²) in [5.41, 5.74) is 2.71. The van der Waals surface area contributed by atoms with Crippen LogP contribution in [0.25, 0.3) is 0 Å². The van der Waals surface area contributed by atoms with E-state index in [2.05, 4.69) is 22.5 Å². The highest BCUT2D eigenvalue weighted by Gasteiger charge is 2.28. The summed E-state index contributed by atoms with van der Waals surface area (Å²) in [6, 6.07) is 14.5. The Kier molecular flexibility index (Phi) is 8.22. The highest BCUT2D eigenvalue weighted by Crippen LogP contribution is 2.29. The van der Waals surface area contributed by atoms with E-state index in [4.69, 9.17) is 4.74 Å². The molecule has 2 amide bonds. The number of ether oxygens (including phenoxy) is 1. The highest BCUT2D eigenvalue weighted by atomic mass is 16.5. The zero-order valence-electron chi connectivity index (χ0n) is 21.1. The second-order valence-electron chi connectivity index (χ2n) is 9.08. The maximum atomic E-state index is 12.9. The molecule has 0 saturated heterocycles. The van der Waals surface area contributed by atoms with Crippen LogP contribution < -0.4 is 15.4 Å². The first-order valence-corrected chi connectivity index (χ1v) is 12.6. The maximum Gasteiger partial charge on any atom is 0.349 e. The minimum Gasteiger partial charge on any atom is -0.478 e. The van der Waals surface area contributed by atoms with Gasteiger partial charge in [-0.25, -0.2) is 9.78 Å². The first kappa shape index (κ1) is 25.9. The third kappa shape index (κ3) is 5.99. The molecule has 194 valence electrons. The molecule has 0 fully saturated rings. The molecule has 1 atom stereocenters. The molecule has 2 heterocycles. The molecule has 0 saturated carbocycles. The van der Waals surface area contributed by atoms with E-state index in [9.17, 15) is 19.5 Å². The summed E-state index contributed by atoms with van der Waals surface area (Å²) in [5, 5.41) is 15.2. The van der Waals surface area contributed by atoms with Gasteiger partial charge in [0.25, 0.3) is 5.91 Å². The number of amides is 2. The van der Waals surface area contributed by atoms with Crippen molar-refractivity contribution in [3.63, 3.8) is 0 Å². The average Bonchev–Trinajstić information content (AvgIpc) is 3.14. The van der Waals surface area contributed by atoms with E-state index < -0.39 is 12.1 Å². The van der Waals surface area contributed by atoms with Crippen LogP contribution in [-0.2, 0) is 29.0 Å². The molecule has 3 aromatic rings. The zero-order chi connectivity index (χ0) is 26.4. The number of nitrogens with zero attached hydrogens (tertiary/aromatic N) is 2. The molecule has 1 aliphatic rings. The Morgan fingerprint density at radius 3 is 2.59 bits per heavy atom. The SMILES string of the molecule is CCCCc1nc2c(n1Cc1ccc(OC(C(=O)O)c3ccccc3)c(CCC)c1)C(=O)NCC(=O)N2. The molecule has 3 N–H and O–H groups in total. The van der Waals surface area contributed by atoms with Gasteiger partial charge in [-0.15, -0.1) is 0 Å². The Morgan fingerprint density at radius 2 is 1.89 bits per heavy atom. The molecule has 4 rings (SSSR count). The van der Waals surface area contributed by atoms with Crippen LogP contribution in [0.2, 0.25) is 0 Å². The van der Waals surface area contributed by atoms with E-state index in [1.165, 1.54) is 0 Å². The largest absolute Gasteiger partial charge is 0.478 e. The lowest BCUT2D eigenvalue weighted by atomic mass is 10.0. The van der Waals surface area contributed by atoms with Gasteiger partial charge in [0, 0.05) is 18.5 Å². The smallest absolute Gasteiger partial charge is 0.349 e. The van der Waals surface area contributed by atoms with Gasteiger partial charge in [-0.3, -0.25) is 9.59 Å².